The summed E-state index contributed by atoms with van der Waals surface area (Å²) < 4.78 is 0. The number of nitrogens with zero attached hydrogens (tertiary/aromatic N) is 4. The van der Waals surface area contributed by atoms with E-state index in [9.17, 15) is 5.26 Å². The number of benzene rings is 5. The van der Waals surface area contributed by atoms with Gasteiger partial charge in [-0.15, -0.1) is 0 Å². The first-order valence-electron chi connectivity index (χ1n) is 17.3. The molecule has 0 spiro atoms. The van der Waals surface area contributed by atoms with E-state index in [0.717, 1.165) is 56.7 Å². The Labute approximate surface area is 282 Å². The fraction of sp³-hybridized carbons (Fsp3) is 0.227. The van der Waals surface area contributed by atoms with E-state index in [-0.39, 0.29) is 0 Å². The molecule has 1 heterocycles. The molecule has 5 aromatic carbocycles. The van der Waals surface area contributed by atoms with Crippen molar-refractivity contribution >= 4 is 0 Å². The van der Waals surface area contributed by atoms with Gasteiger partial charge in [0.2, 0.25) is 0 Å². The first-order valence-corrected chi connectivity index (χ1v) is 17.3. The van der Waals surface area contributed by atoms with E-state index >= 15 is 0 Å². The minimum absolute atomic E-state index is 0.362. The minimum atomic E-state index is 0.362. The molecule has 232 valence electrons. The van der Waals surface area contributed by atoms with E-state index in [1.807, 2.05) is 72.8 Å². The third-order valence-corrected chi connectivity index (χ3v) is 11.1. The van der Waals surface area contributed by atoms with Crippen LogP contribution in [0.3, 0.4) is 0 Å². The second kappa shape index (κ2) is 11.7. The number of aromatic nitrogens is 3. The Morgan fingerprint density at radius 3 is 1.56 bits per heavy atom. The van der Waals surface area contributed by atoms with E-state index in [4.69, 9.17) is 15.0 Å². The molecule has 0 N–H and O–H groups in total. The van der Waals surface area contributed by atoms with Crippen LogP contribution in [-0.4, -0.2) is 15.0 Å². The maximum atomic E-state index is 9.87. The SMILES string of the molecule is N#Cc1ccc(-c2cccc(-c3nc(-c4ccccc4)nc(-c4ccccc4)n3)c2)c(-c2ccc(C34CC5CC(CC(C5)C3)C4)cc2)c1. The lowest BCUT2D eigenvalue weighted by Crippen LogP contribution is -2.48. The van der Waals surface area contributed by atoms with Crippen LogP contribution in [0.25, 0.3) is 56.4 Å². The van der Waals surface area contributed by atoms with Crippen LogP contribution < -0.4 is 0 Å². The van der Waals surface area contributed by atoms with Gasteiger partial charge in [-0.05, 0) is 108 Å². The molecule has 4 fully saturated rings. The molecule has 0 saturated heterocycles. The van der Waals surface area contributed by atoms with Crippen LogP contribution in [0.15, 0.2) is 127 Å². The molecule has 0 aliphatic heterocycles. The lowest BCUT2D eigenvalue weighted by Gasteiger charge is -2.57. The van der Waals surface area contributed by atoms with Crippen LogP contribution in [0.5, 0.6) is 0 Å². The van der Waals surface area contributed by atoms with Crippen molar-refractivity contribution in [1.82, 2.24) is 15.0 Å². The molecule has 4 heteroatoms. The van der Waals surface area contributed by atoms with Gasteiger partial charge in [-0.1, -0.05) is 109 Å². The molecule has 0 radical (unpaired) electrons. The molecular formula is C44H36N4. The summed E-state index contributed by atoms with van der Waals surface area (Å²) in [7, 11) is 0. The predicted molar refractivity (Wildman–Crippen MR) is 192 cm³/mol. The predicted octanol–water partition coefficient (Wildman–Crippen LogP) is 10.5. The Kier molecular flexibility index (Phi) is 7.01. The van der Waals surface area contributed by atoms with Gasteiger partial charge in [-0.25, -0.2) is 15.0 Å². The van der Waals surface area contributed by atoms with E-state index in [1.165, 1.54) is 44.1 Å². The number of nitriles is 1. The minimum Gasteiger partial charge on any atom is -0.208 e. The van der Waals surface area contributed by atoms with Gasteiger partial charge in [0.1, 0.15) is 0 Å². The number of hydrogen-bond donors (Lipinski definition) is 0. The highest BCUT2D eigenvalue weighted by atomic mass is 15.0. The number of rotatable bonds is 6. The maximum Gasteiger partial charge on any atom is 0.164 e. The fourth-order valence-electron chi connectivity index (χ4n) is 9.34. The second-order valence-corrected chi connectivity index (χ2v) is 14.3. The zero-order valence-corrected chi connectivity index (χ0v) is 26.9. The van der Waals surface area contributed by atoms with Gasteiger partial charge >= 0.3 is 0 Å². The summed E-state index contributed by atoms with van der Waals surface area (Å²) in [5.41, 5.74) is 9.68. The largest absolute Gasteiger partial charge is 0.208 e. The summed E-state index contributed by atoms with van der Waals surface area (Å²) >= 11 is 0. The third-order valence-electron chi connectivity index (χ3n) is 11.1. The summed E-state index contributed by atoms with van der Waals surface area (Å²) in [6.07, 6.45) is 8.42. The van der Waals surface area contributed by atoms with Crippen molar-refractivity contribution in [1.29, 1.82) is 5.26 Å². The molecule has 4 aliphatic rings. The van der Waals surface area contributed by atoms with Crippen molar-refractivity contribution in [3.05, 3.63) is 139 Å². The van der Waals surface area contributed by atoms with Crippen molar-refractivity contribution in [2.45, 2.75) is 43.9 Å². The summed E-state index contributed by atoms with van der Waals surface area (Å²) in [5.74, 6) is 4.66. The molecule has 48 heavy (non-hydrogen) atoms. The van der Waals surface area contributed by atoms with E-state index < -0.39 is 0 Å². The Morgan fingerprint density at radius 2 is 1.00 bits per heavy atom. The lowest BCUT2D eigenvalue weighted by atomic mass is 9.48. The average Bonchev–Trinajstić information content (AvgIpc) is 3.15. The van der Waals surface area contributed by atoms with Gasteiger partial charge in [0.05, 0.1) is 11.6 Å². The van der Waals surface area contributed by atoms with Crippen molar-refractivity contribution < 1.29 is 0 Å². The van der Waals surface area contributed by atoms with Gasteiger partial charge in [0, 0.05) is 16.7 Å². The topological polar surface area (TPSA) is 62.5 Å². The maximum absolute atomic E-state index is 9.87. The molecule has 4 nitrogen and oxygen atoms in total. The summed E-state index contributed by atoms with van der Waals surface area (Å²) in [5, 5.41) is 9.87. The van der Waals surface area contributed by atoms with Gasteiger partial charge in [-0.2, -0.15) is 5.26 Å². The zero-order valence-electron chi connectivity index (χ0n) is 26.9. The van der Waals surface area contributed by atoms with Crippen molar-refractivity contribution in [2.75, 3.05) is 0 Å². The van der Waals surface area contributed by atoms with Crippen LogP contribution in [0.2, 0.25) is 0 Å². The molecule has 4 saturated carbocycles. The first-order chi connectivity index (χ1) is 23.6. The monoisotopic (exact) mass is 620 g/mol. The lowest BCUT2D eigenvalue weighted by molar-refractivity contribution is -0.00518. The Hall–Kier alpha value is -5.40. The van der Waals surface area contributed by atoms with Crippen LogP contribution in [0.1, 0.15) is 49.7 Å². The Balaban J connectivity index is 1.11. The molecule has 1 aromatic heterocycles. The van der Waals surface area contributed by atoms with E-state index in [0.29, 0.717) is 28.5 Å². The van der Waals surface area contributed by atoms with E-state index in [1.54, 1.807) is 0 Å². The van der Waals surface area contributed by atoms with Gasteiger partial charge in [0.15, 0.2) is 17.5 Å². The molecular weight excluding hydrogens is 585 g/mol. The molecule has 10 rings (SSSR count). The van der Waals surface area contributed by atoms with Gasteiger partial charge < -0.3 is 0 Å². The molecule has 4 bridgehead atoms. The van der Waals surface area contributed by atoms with Crippen LogP contribution in [0, 0.1) is 29.1 Å². The van der Waals surface area contributed by atoms with E-state index in [2.05, 4.69) is 60.7 Å². The van der Waals surface area contributed by atoms with Crippen molar-refractivity contribution in [3.63, 3.8) is 0 Å². The number of hydrogen-bond acceptors (Lipinski definition) is 4. The third kappa shape index (κ3) is 5.20. The quantitative estimate of drug-likeness (QED) is 0.186. The summed E-state index contributed by atoms with van der Waals surface area (Å²) in [4.78, 5) is 14.8. The standard InChI is InChI=1S/C44H36N4/c45-28-29-14-19-39(40(23-29)33-15-17-38(18-16-33)44-25-30-20-31(26-44)22-32(21-30)27-44)36-12-7-13-37(24-36)43-47-41(34-8-3-1-4-9-34)46-42(48-43)35-10-5-2-6-11-35/h1-19,23-24,30-32H,20-22,25-27H2. The molecule has 0 unspecified atom stereocenters. The van der Waals surface area contributed by atoms with Crippen molar-refractivity contribution in [2.24, 2.45) is 17.8 Å². The average molecular weight is 621 g/mol. The highest BCUT2D eigenvalue weighted by Gasteiger charge is 2.51. The second-order valence-electron chi connectivity index (χ2n) is 14.3. The molecule has 0 atom stereocenters. The Morgan fingerprint density at radius 1 is 0.479 bits per heavy atom. The molecule has 4 aliphatic carbocycles. The Bertz CT molecular complexity index is 2070. The van der Waals surface area contributed by atoms with Crippen LogP contribution in [-0.2, 0) is 5.41 Å². The summed E-state index contributed by atoms with van der Waals surface area (Å²) in [6.45, 7) is 0. The van der Waals surface area contributed by atoms with Crippen LogP contribution >= 0.6 is 0 Å². The highest BCUT2D eigenvalue weighted by Crippen LogP contribution is 2.60. The highest BCUT2D eigenvalue weighted by molar-refractivity contribution is 5.86. The van der Waals surface area contributed by atoms with Gasteiger partial charge in [0.25, 0.3) is 0 Å². The normalized spacial score (nSPS) is 22.4. The first kappa shape index (κ1) is 28.8. The van der Waals surface area contributed by atoms with Crippen LogP contribution in [0.4, 0.5) is 0 Å². The van der Waals surface area contributed by atoms with Crippen molar-refractivity contribution in [3.8, 4) is 62.5 Å². The molecule has 6 aromatic rings. The van der Waals surface area contributed by atoms with Gasteiger partial charge in [-0.3, -0.25) is 0 Å². The molecule has 0 amide bonds. The summed E-state index contributed by atoms with van der Waals surface area (Å²) in [6, 6.07) is 46.3. The smallest absolute Gasteiger partial charge is 0.164 e. The fourth-order valence-corrected chi connectivity index (χ4v) is 9.34. The zero-order chi connectivity index (χ0) is 32.1.